The lowest BCUT2D eigenvalue weighted by molar-refractivity contribution is 0.0828. The minimum absolute atomic E-state index is 0.201. The molecule has 0 bridgehead atoms. The normalized spacial score (nSPS) is 24.9. The molecule has 0 aliphatic carbocycles. The summed E-state index contributed by atoms with van der Waals surface area (Å²) in [4.78, 5) is 0. The maximum absolute atomic E-state index is 6.16. The zero-order chi connectivity index (χ0) is 16.8. The number of anilines is 1. The van der Waals surface area contributed by atoms with Crippen molar-refractivity contribution in [2.45, 2.75) is 39.3 Å². The van der Waals surface area contributed by atoms with Crippen LogP contribution in [0.2, 0.25) is 0 Å². The van der Waals surface area contributed by atoms with Crippen molar-refractivity contribution in [2.24, 2.45) is 5.92 Å². The summed E-state index contributed by atoms with van der Waals surface area (Å²) in [7, 11) is 1.73. The molecule has 2 heterocycles. The van der Waals surface area contributed by atoms with Crippen LogP contribution in [-0.2, 0) is 4.74 Å². The molecule has 0 aromatic heterocycles. The van der Waals surface area contributed by atoms with E-state index in [0.29, 0.717) is 5.92 Å². The van der Waals surface area contributed by atoms with E-state index in [2.05, 4.69) is 56.4 Å². The molecular formula is C21H25NO2. The van der Waals surface area contributed by atoms with Crippen LogP contribution in [0.5, 0.6) is 5.75 Å². The Kier molecular flexibility index (Phi) is 3.76. The van der Waals surface area contributed by atoms with Crippen molar-refractivity contribution in [3.8, 4) is 5.75 Å². The summed E-state index contributed by atoms with van der Waals surface area (Å²) in [6.45, 7) is 7.30. The van der Waals surface area contributed by atoms with Crippen molar-refractivity contribution < 1.29 is 9.47 Å². The van der Waals surface area contributed by atoms with Gasteiger partial charge in [0.1, 0.15) is 5.75 Å². The Morgan fingerprint density at radius 1 is 1.08 bits per heavy atom. The van der Waals surface area contributed by atoms with Gasteiger partial charge in [-0.1, -0.05) is 29.8 Å². The largest absolute Gasteiger partial charge is 0.496 e. The molecule has 0 spiro atoms. The first-order chi connectivity index (χ1) is 11.6. The lowest BCUT2D eigenvalue weighted by Crippen LogP contribution is -2.30. The first-order valence-electron chi connectivity index (χ1n) is 8.72. The van der Waals surface area contributed by atoms with Crippen LogP contribution in [0.1, 0.15) is 46.4 Å². The van der Waals surface area contributed by atoms with Crippen molar-refractivity contribution in [3.05, 3.63) is 58.1 Å². The van der Waals surface area contributed by atoms with E-state index in [1.54, 1.807) is 7.11 Å². The van der Waals surface area contributed by atoms with Crippen molar-refractivity contribution >= 4 is 5.69 Å². The Bertz CT molecular complexity index is 784. The van der Waals surface area contributed by atoms with E-state index >= 15 is 0 Å². The fraction of sp³-hybridized carbons (Fsp3) is 0.429. The van der Waals surface area contributed by atoms with Crippen LogP contribution in [0.15, 0.2) is 30.3 Å². The van der Waals surface area contributed by atoms with Gasteiger partial charge in [-0.05, 0) is 49.9 Å². The van der Waals surface area contributed by atoms with Crippen molar-refractivity contribution in [1.29, 1.82) is 0 Å². The number of benzene rings is 2. The third kappa shape index (κ3) is 2.39. The van der Waals surface area contributed by atoms with Gasteiger partial charge in [0, 0.05) is 23.8 Å². The number of methoxy groups -OCH3 is 1. The van der Waals surface area contributed by atoms with Crippen LogP contribution < -0.4 is 10.1 Å². The minimum atomic E-state index is 0.201. The van der Waals surface area contributed by atoms with E-state index in [1.165, 1.54) is 33.5 Å². The first kappa shape index (κ1) is 15.5. The maximum Gasteiger partial charge on any atom is 0.121 e. The number of ether oxygens (including phenoxy) is 2. The van der Waals surface area contributed by atoms with E-state index in [1.807, 2.05) is 0 Å². The van der Waals surface area contributed by atoms with Gasteiger partial charge in [0.05, 0.1) is 19.3 Å². The Labute approximate surface area is 144 Å². The molecule has 3 nitrogen and oxygen atoms in total. The van der Waals surface area contributed by atoms with E-state index in [9.17, 15) is 0 Å². The summed E-state index contributed by atoms with van der Waals surface area (Å²) in [6.07, 6.45) is 1.30. The highest BCUT2D eigenvalue weighted by molar-refractivity contribution is 5.63. The molecule has 0 amide bonds. The average molecular weight is 323 g/mol. The lowest BCUT2D eigenvalue weighted by Gasteiger charge is -2.37. The smallest absolute Gasteiger partial charge is 0.121 e. The molecule has 0 radical (unpaired) electrons. The molecule has 2 aromatic carbocycles. The molecule has 1 saturated heterocycles. The Morgan fingerprint density at radius 2 is 1.92 bits per heavy atom. The Balaban J connectivity index is 1.79. The lowest BCUT2D eigenvalue weighted by atomic mass is 9.79. The molecule has 2 aliphatic heterocycles. The molecule has 1 fully saturated rings. The molecule has 0 unspecified atom stereocenters. The number of rotatable bonds is 2. The number of hydrogen-bond donors (Lipinski definition) is 1. The monoisotopic (exact) mass is 323 g/mol. The Morgan fingerprint density at radius 3 is 2.67 bits per heavy atom. The molecule has 3 heteroatoms. The second-order valence-electron chi connectivity index (χ2n) is 7.14. The van der Waals surface area contributed by atoms with Crippen molar-refractivity contribution in [3.63, 3.8) is 0 Å². The van der Waals surface area contributed by atoms with Crippen LogP contribution in [0.4, 0.5) is 5.69 Å². The van der Waals surface area contributed by atoms with Crippen LogP contribution in [-0.4, -0.2) is 13.7 Å². The number of aryl methyl sites for hydroxylation is 3. The molecule has 2 aromatic rings. The Hall–Kier alpha value is -2.00. The molecular weight excluding hydrogens is 298 g/mol. The van der Waals surface area contributed by atoms with Crippen molar-refractivity contribution in [1.82, 2.24) is 0 Å². The van der Waals surface area contributed by atoms with Gasteiger partial charge in [0.2, 0.25) is 0 Å². The summed E-state index contributed by atoms with van der Waals surface area (Å²) in [5.41, 5.74) is 7.69. The van der Waals surface area contributed by atoms with Gasteiger partial charge in [-0.25, -0.2) is 0 Å². The summed E-state index contributed by atoms with van der Waals surface area (Å²) < 4.78 is 11.6. The fourth-order valence-corrected chi connectivity index (χ4v) is 4.38. The second-order valence-corrected chi connectivity index (χ2v) is 7.14. The molecule has 126 valence electrons. The van der Waals surface area contributed by atoms with Gasteiger partial charge in [-0.15, -0.1) is 0 Å². The van der Waals surface area contributed by atoms with E-state index in [4.69, 9.17) is 9.47 Å². The number of fused-ring (bicyclic) bond motifs is 3. The van der Waals surface area contributed by atoms with Gasteiger partial charge >= 0.3 is 0 Å². The zero-order valence-electron chi connectivity index (χ0n) is 14.8. The van der Waals surface area contributed by atoms with Gasteiger partial charge in [0.25, 0.3) is 0 Å². The summed E-state index contributed by atoms with van der Waals surface area (Å²) in [5.74, 6) is 1.42. The molecule has 3 atom stereocenters. The standard InChI is InChI=1S/C21H25NO2/c1-12-9-14(3)19-17(10-12)21-16(7-8-24-21)20(22-19)15-5-6-18(23-4)13(2)11-15/h5-6,9-11,16,20-22H,7-8H2,1-4H3/t16-,20+,21-/m0/s1. The highest BCUT2D eigenvalue weighted by Gasteiger charge is 2.42. The number of hydrogen-bond acceptors (Lipinski definition) is 3. The van der Waals surface area contributed by atoms with E-state index in [-0.39, 0.29) is 12.1 Å². The molecule has 24 heavy (non-hydrogen) atoms. The molecule has 0 saturated carbocycles. The summed E-state index contributed by atoms with van der Waals surface area (Å²) in [5, 5.41) is 3.82. The maximum atomic E-state index is 6.16. The van der Waals surface area contributed by atoms with Gasteiger partial charge < -0.3 is 14.8 Å². The predicted molar refractivity (Wildman–Crippen MR) is 96.8 cm³/mol. The second kappa shape index (κ2) is 5.82. The first-order valence-corrected chi connectivity index (χ1v) is 8.72. The topological polar surface area (TPSA) is 30.5 Å². The van der Waals surface area contributed by atoms with Gasteiger partial charge in [0.15, 0.2) is 0 Å². The summed E-state index contributed by atoms with van der Waals surface area (Å²) >= 11 is 0. The van der Waals surface area contributed by atoms with Crippen molar-refractivity contribution in [2.75, 3.05) is 19.0 Å². The highest BCUT2D eigenvalue weighted by Crippen LogP contribution is 2.51. The van der Waals surface area contributed by atoms with E-state index < -0.39 is 0 Å². The average Bonchev–Trinajstić information content (AvgIpc) is 3.04. The minimum Gasteiger partial charge on any atom is -0.496 e. The van der Waals surface area contributed by atoms with Crippen LogP contribution in [0.25, 0.3) is 0 Å². The highest BCUT2D eigenvalue weighted by atomic mass is 16.5. The predicted octanol–water partition coefficient (Wildman–Crippen LogP) is 4.86. The fourth-order valence-electron chi connectivity index (χ4n) is 4.38. The zero-order valence-corrected chi connectivity index (χ0v) is 14.8. The van der Waals surface area contributed by atoms with Crippen LogP contribution in [0, 0.1) is 26.7 Å². The van der Waals surface area contributed by atoms with Crippen LogP contribution in [0.3, 0.4) is 0 Å². The third-order valence-electron chi connectivity index (χ3n) is 5.46. The molecule has 1 N–H and O–H groups in total. The van der Waals surface area contributed by atoms with Gasteiger partial charge in [-0.3, -0.25) is 0 Å². The molecule has 2 aliphatic rings. The third-order valence-corrected chi connectivity index (χ3v) is 5.46. The van der Waals surface area contributed by atoms with Gasteiger partial charge in [-0.2, -0.15) is 0 Å². The number of nitrogens with one attached hydrogen (secondary N) is 1. The summed E-state index contributed by atoms with van der Waals surface area (Å²) in [6, 6.07) is 11.3. The van der Waals surface area contributed by atoms with Crippen LogP contribution >= 0.6 is 0 Å². The van der Waals surface area contributed by atoms with E-state index in [0.717, 1.165) is 18.8 Å². The SMILES string of the molecule is COc1ccc([C@H]2Nc3c(C)cc(C)cc3[C@H]3OCC[C@@H]23)cc1C. The quantitative estimate of drug-likeness (QED) is 0.855. The molecule has 4 rings (SSSR count).